The molecule has 8 heteroatoms. The van der Waals surface area contributed by atoms with Gasteiger partial charge in [-0.1, -0.05) is 6.92 Å². The van der Waals surface area contributed by atoms with Crippen molar-refractivity contribution in [1.82, 2.24) is 24.3 Å². The monoisotopic (exact) mass is 341 g/mol. The SMILES string of the molecule is CCOC(=O)c1ncn2c1Cn1c(CC)nnc1-c1cc(F)ccc1-2. The lowest BCUT2D eigenvalue weighted by Gasteiger charge is -2.09. The van der Waals surface area contributed by atoms with Crippen LogP contribution in [0.1, 0.15) is 35.9 Å². The zero-order chi connectivity index (χ0) is 17.6. The van der Waals surface area contributed by atoms with Crippen molar-refractivity contribution < 1.29 is 13.9 Å². The second-order valence-electron chi connectivity index (χ2n) is 5.67. The fourth-order valence-corrected chi connectivity index (χ4v) is 3.11. The molecule has 0 amide bonds. The maximum atomic E-state index is 13.9. The Kier molecular flexibility index (Phi) is 3.60. The number of carbonyl (C=O) groups is 1. The summed E-state index contributed by atoms with van der Waals surface area (Å²) in [4.78, 5) is 16.5. The first kappa shape index (κ1) is 15.5. The number of fused-ring (bicyclic) bond motifs is 5. The van der Waals surface area contributed by atoms with E-state index in [1.807, 2.05) is 11.5 Å². The highest BCUT2D eigenvalue weighted by Crippen LogP contribution is 2.33. The molecule has 0 atom stereocenters. The third kappa shape index (κ3) is 2.33. The minimum Gasteiger partial charge on any atom is -0.461 e. The first-order valence-corrected chi connectivity index (χ1v) is 8.09. The minimum absolute atomic E-state index is 0.251. The van der Waals surface area contributed by atoms with Crippen molar-refractivity contribution in [2.24, 2.45) is 0 Å². The number of nitrogens with zero attached hydrogens (tertiary/aromatic N) is 5. The molecule has 3 aromatic rings. The number of aromatic nitrogens is 5. The van der Waals surface area contributed by atoms with Gasteiger partial charge in [0.2, 0.25) is 0 Å². The van der Waals surface area contributed by atoms with Crippen LogP contribution in [0.2, 0.25) is 0 Å². The summed E-state index contributed by atoms with van der Waals surface area (Å²) < 4.78 is 22.7. The number of imidazole rings is 1. The Labute approximate surface area is 143 Å². The second kappa shape index (κ2) is 5.80. The van der Waals surface area contributed by atoms with Crippen LogP contribution in [0.3, 0.4) is 0 Å². The molecule has 1 aliphatic heterocycles. The lowest BCUT2D eigenvalue weighted by Crippen LogP contribution is -2.13. The van der Waals surface area contributed by atoms with E-state index in [0.29, 0.717) is 35.7 Å². The van der Waals surface area contributed by atoms with Gasteiger partial charge in [0.1, 0.15) is 18.0 Å². The van der Waals surface area contributed by atoms with Gasteiger partial charge in [0, 0.05) is 12.0 Å². The van der Waals surface area contributed by atoms with Gasteiger partial charge in [-0.3, -0.25) is 4.57 Å². The second-order valence-corrected chi connectivity index (χ2v) is 5.67. The van der Waals surface area contributed by atoms with E-state index < -0.39 is 5.97 Å². The molecule has 2 aromatic heterocycles. The maximum Gasteiger partial charge on any atom is 0.358 e. The number of carbonyl (C=O) groups excluding carboxylic acids is 1. The molecule has 0 unspecified atom stereocenters. The van der Waals surface area contributed by atoms with Crippen LogP contribution in [0.4, 0.5) is 4.39 Å². The molecule has 0 N–H and O–H groups in total. The molecule has 7 nitrogen and oxygen atoms in total. The molecule has 3 heterocycles. The molecule has 0 spiro atoms. The van der Waals surface area contributed by atoms with E-state index in [4.69, 9.17) is 4.74 Å². The van der Waals surface area contributed by atoms with Crippen molar-refractivity contribution in [3.05, 3.63) is 47.6 Å². The summed E-state index contributed by atoms with van der Waals surface area (Å²) in [7, 11) is 0. The van der Waals surface area contributed by atoms with Crippen molar-refractivity contribution in [3.63, 3.8) is 0 Å². The van der Waals surface area contributed by atoms with Crippen LogP contribution in [0, 0.1) is 5.82 Å². The largest absolute Gasteiger partial charge is 0.461 e. The first-order chi connectivity index (χ1) is 12.1. The van der Waals surface area contributed by atoms with Gasteiger partial charge in [-0.15, -0.1) is 10.2 Å². The lowest BCUT2D eigenvalue weighted by atomic mass is 10.1. The number of esters is 1. The van der Waals surface area contributed by atoms with E-state index in [2.05, 4.69) is 15.2 Å². The Hall–Kier alpha value is -3.03. The predicted molar refractivity (Wildman–Crippen MR) is 87.0 cm³/mol. The number of halogens is 1. The van der Waals surface area contributed by atoms with E-state index >= 15 is 0 Å². The molecule has 0 saturated heterocycles. The van der Waals surface area contributed by atoms with Crippen molar-refractivity contribution in [2.75, 3.05) is 6.61 Å². The standard InChI is InChI=1S/C17H16FN5O2/c1-3-14-20-21-16-11-7-10(18)5-6-12(11)23-9-19-15(17(24)25-4-2)13(23)8-22(14)16/h5-7,9H,3-4,8H2,1-2H3. The number of hydrogen-bond donors (Lipinski definition) is 0. The van der Waals surface area contributed by atoms with Crippen LogP contribution in [-0.2, 0) is 17.7 Å². The maximum absolute atomic E-state index is 13.9. The molecule has 0 aliphatic carbocycles. The van der Waals surface area contributed by atoms with Gasteiger partial charge in [-0.05, 0) is 25.1 Å². The highest BCUT2D eigenvalue weighted by molar-refractivity contribution is 5.89. The van der Waals surface area contributed by atoms with Gasteiger partial charge >= 0.3 is 5.97 Å². The summed E-state index contributed by atoms with van der Waals surface area (Å²) in [6.45, 7) is 4.34. The Morgan fingerprint density at radius 3 is 2.92 bits per heavy atom. The van der Waals surface area contributed by atoms with Crippen molar-refractivity contribution in [3.8, 4) is 17.1 Å². The molecule has 25 heavy (non-hydrogen) atoms. The normalized spacial score (nSPS) is 12.1. The van der Waals surface area contributed by atoms with Gasteiger partial charge < -0.3 is 9.30 Å². The van der Waals surface area contributed by atoms with Crippen LogP contribution in [-0.4, -0.2) is 36.9 Å². The Morgan fingerprint density at radius 1 is 1.32 bits per heavy atom. The first-order valence-electron chi connectivity index (χ1n) is 8.09. The zero-order valence-corrected chi connectivity index (χ0v) is 13.9. The number of hydrogen-bond acceptors (Lipinski definition) is 5. The third-order valence-corrected chi connectivity index (χ3v) is 4.25. The summed E-state index contributed by atoms with van der Waals surface area (Å²) in [6, 6.07) is 4.45. The highest BCUT2D eigenvalue weighted by Gasteiger charge is 2.28. The number of rotatable bonds is 3. The van der Waals surface area contributed by atoms with Crippen LogP contribution >= 0.6 is 0 Å². The molecule has 0 fully saturated rings. The molecule has 0 bridgehead atoms. The number of aryl methyl sites for hydroxylation is 1. The van der Waals surface area contributed by atoms with E-state index in [1.54, 1.807) is 23.9 Å². The van der Waals surface area contributed by atoms with E-state index in [1.165, 1.54) is 12.1 Å². The molecule has 0 saturated carbocycles. The van der Waals surface area contributed by atoms with Gasteiger partial charge in [0.25, 0.3) is 0 Å². The Morgan fingerprint density at radius 2 is 2.16 bits per heavy atom. The summed E-state index contributed by atoms with van der Waals surface area (Å²) in [5.74, 6) is 0.495. The molecule has 128 valence electrons. The van der Waals surface area contributed by atoms with E-state index in [9.17, 15) is 9.18 Å². The smallest absolute Gasteiger partial charge is 0.358 e. The fourth-order valence-electron chi connectivity index (χ4n) is 3.11. The van der Waals surface area contributed by atoms with Crippen LogP contribution < -0.4 is 0 Å². The summed E-state index contributed by atoms with van der Waals surface area (Å²) >= 11 is 0. The summed E-state index contributed by atoms with van der Waals surface area (Å²) in [6.07, 6.45) is 2.23. The van der Waals surface area contributed by atoms with Gasteiger partial charge in [-0.25, -0.2) is 14.2 Å². The molecule has 4 rings (SSSR count). The third-order valence-electron chi connectivity index (χ3n) is 4.25. The van der Waals surface area contributed by atoms with E-state index in [-0.39, 0.29) is 18.1 Å². The predicted octanol–water partition coefficient (Wildman–Crippen LogP) is 2.37. The number of ether oxygens (including phenoxy) is 1. The molecule has 1 aliphatic rings. The Balaban J connectivity index is 1.99. The zero-order valence-electron chi connectivity index (χ0n) is 13.9. The van der Waals surface area contributed by atoms with Gasteiger partial charge in [0.15, 0.2) is 11.5 Å². The van der Waals surface area contributed by atoms with E-state index in [0.717, 1.165) is 5.82 Å². The van der Waals surface area contributed by atoms with Gasteiger partial charge in [0.05, 0.1) is 24.5 Å². The Bertz CT molecular complexity index is 976. The van der Waals surface area contributed by atoms with Crippen LogP contribution in [0.15, 0.2) is 24.5 Å². The lowest BCUT2D eigenvalue weighted by molar-refractivity contribution is 0.0518. The van der Waals surface area contributed by atoms with Crippen molar-refractivity contribution in [1.29, 1.82) is 0 Å². The molecular formula is C17H16FN5O2. The topological polar surface area (TPSA) is 74.8 Å². The fraction of sp³-hybridized carbons (Fsp3) is 0.294. The highest BCUT2D eigenvalue weighted by atomic mass is 19.1. The summed E-state index contributed by atoms with van der Waals surface area (Å²) in [5, 5.41) is 8.44. The van der Waals surface area contributed by atoms with Crippen LogP contribution in [0.25, 0.3) is 17.1 Å². The average Bonchev–Trinajstić information content (AvgIpc) is 3.17. The molecular weight excluding hydrogens is 325 g/mol. The molecule has 0 radical (unpaired) electrons. The summed E-state index contributed by atoms with van der Waals surface area (Å²) in [5.41, 5.74) is 2.23. The minimum atomic E-state index is -0.477. The number of benzene rings is 1. The van der Waals surface area contributed by atoms with Crippen molar-refractivity contribution >= 4 is 5.97 Å². The van der Waals surface area contributed by atoms with Gasteiger partial charge in [-0.2, -0.15) is 0 Å². The van der Waals surface area contributed by atoms with Crippen LogP contribution in [0.5, 0.6) is 0 Å². The quantitative estimate of drug-likeness (QED) is 0.535. The molecule has 1 aromatic carbocycles. The average molecular weight is 341 g/mol. The van der Waals surface area contributed by atoms with Crippen molar-refractivity contribution in [2.45, 2.75) is 26.8 Å².